The monoisotopic (exact) mass is 266 g/mol. The van der Waals surface area contributed by atoms with Gasteiger partial charge in [-0.25, -0.2) is 0 Å². The van der Waals surface area contributed by atoms with Crippen molar-refractivity contribution in [3.05, 3.63) is 77.5 Å². The van der Waals surface area contributed by atoms with Crippen LogP contribution in [0.5, 0.6) is 0 Å². The second-order valence-electron chi connectivity index (χ2n) is 4.56. The van der Waals surface area contributed by atoms with Crippen LogP contribution in [0.1, 0.15) is 25.0 Å². The Morgan fingerprint density at radius 2 is 1.53 bits per heavy atom. The van der Waals surface area contributed by atoms with Gasteiger partial charge in [-0.3, -0.25) is 0 Å². The lowest BCUT2D eigenvalue weighted by Gasteiger charge is -2.07. The van der Waals surface area contributed by atoms with E-state index in [-0.39, 0.29) is 0 Å². The van der Waals surface area contributed by atoms with Crippen LogP contribution >= 0.6 is 11.8 Å². The third-order valence-corrected chi connectivity index (χ3v) is 3.62. The molecule has 0 amide bonds. The van der Waals surface area contributed by atoms with Gasteiger partial charge in [0.2, 0.25) is 0 Å². The van der Waals surface area contributed by atoms with Gasteiger partial charge in [0.15, 0.2) is 0 Å². The summed E-state index contributed by atoms with van der Waals surface area (Å²) >= 11 is 1.85. The Morgan fingerprint density at radius 1 is 0.947 bits per heavy atom. The number of benzene rings is 2. The molecular weight excluding hydrogens is 248 g/mol. The fourth-order valence-corrected chi connectivity index (χ4v) is 2.58. The van der Waals surface area contributed by atoms with E-state index < -0.39 is 0 Å². The summed E-state index contributed by atoms with van der Waals surface area (Å²) in [5, 5.41) is 0.548. The number of thioether (sulfide) groups is 1. The van der Waals surface area contributed by atoms with Gasteiger partial charge in [0.05, 0.1) is 4.91 Å². The lowest BCUT2D eigenvalue weighted by molar-refractivity contribution is 1.12. The average molecular weight is 266 g/mol. The van der Waals surface area contributed by atoms with Crippen LogP contribution in [-0.4, -0.2) is 5.25 Å². The van der Waals surface area contributed by atoms with Crippen molar-refractivity contribution >= 4 is 22.7 Å². The van der Waals surface area contributed by atoms with Crippen LogP contribution < -0.4 is 0 Å². The highest BCUT2D eigenvalue weighted by atomic mass is 32.2. The Bertz CT molecular complexity index is 561. The largest absolute Gasteiger partial charge is 0.114 e. The first-order valence-corrected chi connectivity index (χ1v) is 7.37. The quantitative estimate of drug-likeness (QED) is 0.660. The van der Waals surface area contributed by atoms with Gasteiger partial charge in [0.1, 0.15) is 0 Å². The smallest absolute Gasteiger partial charge is 0.0567 e. The maximum Gasteiger partial charge on any atom is 0.0567 e. The molecule has 0 N–H and O–H groups in total. The van der Waals surface area contributed by atoms with E-state index in [0.717, 1.165) is 0 Å². The molecule has 96 valence electrons. The van der Waals surface area contributed by atoms with E-state index in [4.69, 9.17) is 0 Å². The van der Waals surface area contributed by atoms with E-state index in [2.05, 4.69) is 62.1 Å². The molecule has 0 unspecified atom stereocenters. The van der Waals surface area contributed by atoms with Crippen molar-refractivity contribution in [2.24, 2.45) is 0 Å². The molecule has 0 nitrogen and oxygen atoms in total. The minimum atomic E-state index is 0.548. The van der Waals surface area contributed by atoms with Gasteiger partial charge >= 0.3 is 0 Å². The molecule has 0 fully saturated rings. The summed E-state index contributed by atoms with van der Waals surface area (Å²) in [6.07, 6.45) is 2.05. The molecule has 2 aromatic carbocycles. The van der Waals surface area contributed by atoms with E-state index in [0.29, 0.717) is 5.25 Å². The summed E-state index contributed by atoms with van der Waals surface area (Å²) in [7, 11) is 0. The van der Waals surface area contributed by atoms with Crippen molar-refractivity contribution in [1.29, 1.82) is 0 Å². The SMILES string of the molecule is CC(C)SC(=C=Cc1ccccc1)c1ccccc1. The summed E-state index contributed by atoms with van der Waals surface area (Å²) < 4.78 is 0. The number of hydrogen-bond donors (Lipinski definition) is 0. The van der Waals surface area contributed by atoms with Gasteiger partial charge < -0.3 is 0 Å². The van der Waals surface area contributed by atoms with Crippen LogP contribution in [-0.2, 0) is 0 Å². The highest BCUT2D eigenvalue weighted by Crippen LogP contribution is 2.30. The van der Waals surface area contributed by atoms with Gasteiger partial charge in [0.25, 0.3) is 0 Å². The van der Waals surface area contributed by atoms with Crippen LogP contribution in [0, 0.1) is 0 Å². The minimum absolute atomic E-state index is 0.548. The Kier molecular flexibility index (Phi) is 5.09. The Labute approximate surface area is 119 Å². The summed E-state index contributed by atoms with van der Waals surface area (Å²) in [5.41, 5.74) is 5.85. The number of hydrogen-bond acceptors (Lipinski definition) is 1. The van der Waals surface area contributed by atoms with Gasteiger partial charge in [-0.1, -0.05) is 74.5 Å². The van der Waals surface area contributed by atoms with Crippen LogP contribution in [0.4, 0.5) is 0 Å². The maximum atomic E-state index is 3.44. The van der Waals surface area contributed by atoms with Crippen LogP contribution in [0.3, 0.4) is 0 Å². The molecule has 0 heterocycles. The molecule has 2 aromatic rings. The van der Waals surface area contributed by atoms with Crippen LogP contribution in [0.25, 0.3) is 11.0 Å². The lowest BCUT2D eigenvalue weighted by atomic mass is 10.2. The topological polar surface area (TPSA) is 0 Å². The van der Waals surface area contributed by atoms with Crippen molar-refractivity contribution in [2.75, 3.05) is 0 Å². The molecule has 0 aliphatic carbocycles. The summed E-state index contributed by atoms with van der Waals surface area (Å²) in [6, 6.07) is 20.8. The third kappa shape index (κ3) is 4.48. The second-order valence-corrected chi connectivity index (χ2v) is 6.15. The summed E-state index contributed by atoms with van der Waals surface area (Å²) in [4.78, 5) is 1.19. The van der Waals surface area contributed by atoms with Crippen molar-refractivity contribution in [1.82, 2.24) is 0 Å². The maximum absolute atomic E-state index is 3.44. The molecule has 0 spiro atoms. The van der Waals surface area contributed by atoms with Crippen molar-refractivity contribution < 1.29 is 0 Å². The van der Waals surface area contributed by atoms with Gasteiger partial charge in [-0.2, -0.15) is 0 Å². The second kappa shape index (κ2) is 7.04. The van der Waals surface area contributed by atoms with Crippen molar-refractivity contribution in [3.63, 3.8) is 0 Å². The first kappa shape index (κ1) is 13.7. The highest BCUT2D eigenvalue weighted by molar-refractivity contribution is 8.08. The van der Waals surface area contributed by atoms with E-state index in [1.54, 1.807) is 0 Å². The molecule has 0 aliphatic rings. The molecule has 2 rings (SSSR count). The molecule has 19 heavy (non-hydrogen) atoms. The molecular formula is C18H18S. The van der Waals surface area contributed by atoms with E-state index >= 15 is 0 Å². The Morgan fingerprint density at radius 3 is 2.11 bits per heavy atom. The van der Waals surface area contributed by atoms with E-state index in [1.165, 1.54) is 16.0 Å². The molecule has 0 bridgehead atoms. The van der Waals surface area contributed by atoms with E-state index in [1.807, 2.05) is 36.0 Å². The normalized spacial score (nSPS) is 10.1. The van der Waals surface area contributed by atoms with Crippen molar-refractivity contribution in [2.45, 2.75) is 19.1 Å². The molecule has 0 atom stereocenters. The molecule has 0 saturated carbocycles. The van der Waals surface area contributed by atoms with Gasteiger partial charge in [-0.15, -0.1) is 17.5 Å². The Balaban J connectivity index is 2.35. The van der Waals surface area contributed by atoms with Gasteiger partial charge in [-0.05, 0) is 17.2 Å². The standard InChI is InChI=1S/C18H18S/c1-15(2)19-18(17-11-7-4-8-12-17)14-13-16-9-5-3-6-10-16/h3-13,15H,1-2H3. The highest BCUT2D eigenvalue weighted by Gasteiger charge is 2.03. The fourth-order valence-electron chi connectivity index (χ4n) is 1.71. The van der Waals surface area contributed by atoms with Gasteiger partial charge in [0, 0.05) is 5.25 Å². The average Bonchev–Trinajstić information content (AvgIpc) is 2.45. The molecule has 0 saturated heterocycles. The number of rotatable bonds is 4. The predicted molar refractivity (Wildman–Crippen MR) is 87.0 cm³/mol. The zero-order valence-electron chi connectivity index (χ0n) is 11.3. The first-order chi connectivity index (χ1) is 9.25. The molecule has 1 heteroatoms. The summed E-state index contributed by atoms with van der Waals surface area (Å²) in [6.45, 7) is 4.41. The molecule has 0 radical (unpaired) electrons. The summed E-state index contributed by atoms with van der Waals surface area (Å²) in [5.74, 6) is 0. The Hall–Kier alpha value is -1.69. The first-order valence-electron chi connectivity index (χ1n) is 6.49. The van der Waals surface area contributed by atoms with Crippen LogP contribution in [0.15, 0.2) is 66.4 Å². The zero-order chi connectivity index (χ0) is 13.5. The lowest BCUT2D eigenvalue weighted by Crippen LogP contribution is -1.87. The van der Waals surface area contributed by atoms with Crippen molar-refractivity contribution in [3.8, 4) is 0 Å². The predicted octanol–water partition coefficient (Wildman–Crippen LogP) is 5.48. The third-order valence-electron chi connectivity index (χ3n) is 2.56. The van der Waals surface area contributed by atoms with E-state index in [9.17, 15) is 0 Å². The minimum Gasteiger partial charge on any atom is -0.114 e. The zero-order valence-corrected chi connectivity index (χ0v) is 12.2. The molecule has 0 aliphatic heterocycles. The fraction of sp³-hybridized carbons (Fsp3) is 0.167. The van der Waals surface area contributed by atoms with Crippen LogP contribution in [0.2, 0.25) is 0 Å². The molecule has 0 aromatic heterocycles.